The van der Waals surface area contributed by atoms with E-state index in [4.69, 9.17) is 51.4 Å². The Morgan fingerprint density at radius 2 is 1.43 bits per heavy atom. The first kappa shape index (κ1) is 27.4. The van der Waals surface area contributed by atoms with Gasteiger partial charge in [-0.3, -0.25) is 0 Å². The van der Waals surface area contributed by atoms with Gasteiger partial charge in [0, 0.05) is 18.6 Å². The van der Waals surface area contributed by atoms with E-state index in [1.807, 2.05) is 0 Å². The summed E-state index contributed by atoms with van der Waals surface area (Å²) in [5.74, 6) is 0. The molecule has 3 aliphatic heterocycles. The van der Waals surface area contributed by atoms with Gasteiger partial charge in [0.1, 0.15) is 61.0 Å². The number of ether oxygens (including phenoxy) is 6. The summed E-state index contributed by atoms with van der Waals surface area (Å²) in [5.41, 5.74) is 24.3. The van der Waals surface area contributed by atoms with Gasteiger partial charge in [-0.05, 0) is 6.42 Å². The van der Waals surface area contributed by atoms with Crippen LogP contribution in [0.2, 0.25) is 0 Å². The highest BCUT2D eigenvalue weighted by Gasteiger charge is 2.53. The van der Waals surface area contributed by atoms with Crippen LogP contribution in [0.15, 0.2) is 0 Å². The van der Waals surface area contributed by atoms with E-state index in [0.717, 1.165) is 0 Å². The molecule has 15 atom stereocenters. The topological polar surface area (TPSA) is 261 Å². The second kappa shape index (κ2) is 11.4. The molecule has 0 aromatic rings. The number of aliphatic hydroxyl groups is 5. The first-order chi connectivity index (χ1) is 16.7. The van der Waals surface area contributed by atoms with Gasteiger partial charge >= 0.3 is 0 Å². The number of hydrogen-bond acceptors (Lipinski definition) is 15. The highest BCUT2D eigenvalue weighted by molar-refractivity contribution is 5.02. The van der Waals surface area contributed by atoms with E-state index >= 15 is 0 Å². The van der Waals surface area contributed by atoms with Gasteiger partial charge in [-0.15, -0.1) is 0 Å². The van der Waals surface area contributed by atoms with Crippen LogP contribution >= 0.6 is 0 Å². The Labute approximate surface area is 202 Å². The molecular weight excluding hydrogens is 472 g/mol. The molecule has 0 unspecified atom stereocenters. The third kappa shape index (κ3) is 5.36. The Morgan fingerprint density at radius 3 is 2.09 bits per heavy atom. The van der Waals surface area contributed by atoms with Crippen molar-refractivity contribution >= 4 is 0 Å². The summed E-state index contributed by atoms with van der Waals surface area (Å²) < 4.78 is 35.2. The molecule has 1 aliphatic carbocycles. The van der Waals surface area contributed by atoms with Crippen molar-refractivity contribution in [1.29, 1.82) is 0 Å². The number of aliphatic hydroxyl groups excluding tert-OH is 5. The molecular formula is C20H38N4O11. The van der Waals surface area contributed by atoms with Crippen molar-refractivity contribution in [2.45, 2.75) is 98.2 Å². The van der Waals surface area contributed by atoms with Crippen molar-refractivity contribution < 1.29 is 54.0 Å². The summed E-state index contributed by atoms with van der Waals surface area (Å²) in [4.78, 5) is 0. The zero-order valence-electron chi connectivity index (χ0n) is 19.2. The molecule has 13 N–H and O–H groups in total. The average molecular weight is 511 g/mol. The van der Waals surface area contributed by atoms with E-state index < -0.39 is 98.4 Å². The lowest BCUT2D eigenvalue weighted by Crippen LogP contribution is -2.68. The van der Waals surface area contributed by atoms with Crippen LogP contribution in [-0.4, -0.2) is 144 Å². The SMILES string of the molecule is NC[C@H]1O[C@@H]2O[C@H]3[C@H](OCCO[C@@H]2[C@@H](O)[C@@H]1O)[C@@H](O[C@H]1O[C@H](CO)[C@@H](O)[C@H](N)[C@H]1O)[C@H](N)C[C@@H]3N. The van der Waals surface area contributed by atoms with E-state index in [1.54, 1.807) is 0 Å². The molecule has 0 bridgehead atoms. The number of nitrogens with two attached hydrogens (primary N) is 4. The van der Waals surface area contributed by atoms with Crippen LogP contribution in [-0.2, 0) is 28.4 Å². The molecule has 4 aliphatic rings. The molecule has 3 heterocycles. The Hall–Kier alpha value is -0.600. The fraction of sp³-hybridized carbons (Fsp3) is 1.00. The molecule has 0 aromatic carbocycles. The van der Waals surface area contributed by atoms with Crippen molar-refractivity contribution in [2.24, 2.45) is 22.9 Å². The van der Waals surface area contributed by atoms with Crippen molar-refractivity contribution in [3.63, 3.8) is 0 Å². The molecule has 0 aromatic heterocycles. The molecule has 0 spiro atoms. The molecule has 204 valence electrons. The van der Waals surface area contributed by atoms with Gasteiger partial charge in [-0.1, -0.05) is 0 Å². The standard InChI is InChI=1S/C20H38N4O11/c21-4-8-12(27)14(29)17-20(32-8)35-16-7(23)3-6(22)15(18(16)31-2-1-30-17)34-19-13(28)10(24)11(26)9(5-25)33-19/h6-20,25-29H,1-5,21-24H2/t6-,7+,8-,9-,10+,11-,12-,13-,14+,15+,16-,17-,18-,19-,20-/m1/s1. The first-order valence-corrected chi connectivity index (χ1v) is 11.8. The van der Waals surface area contributed by atoms with Crippen LogP contribution in [0.5, 0.6) is 0 Å². The fourth-order valence-electron chi connectivity index (χ4n) is 5.10. The molecule has 0 amide bonds. The van der Waals surface area contributed by atoms with Gasteiger partial charge in [-0.25, -0.2) is 0 Å². The Morgan fingerprint density at radius 1 is 0.743 bits per heavy atom. The monoisotopic (exact) mass is 510 g/mol. The van der Waals surface area contributed by atoms with E-state index in [0.29, 0.717) is 0 Å². The Bertz CT molecular complexity index is 695. The molecule has 3 saturated heterocycles. The van der Waals surface area contributed by atoms with E-state index in [-0.39, 0.29) is 26.2 Å². The third-order valence-corrected chi connectivity index (χ3v) is 7.14. The van der Waals surface area contributed by atoms with Gasteiger partial charge < -0.3 is 76.9 Å². The summed E-state index contributed by atoms with van der Waals surface area (Å²) >= 11 is 0. The maximum atomic E-state index is 10.6. The first-order valence-electron chi connectivity index (χ1n) is 11.8. The summed E-state index contributed by atoms with van der Waals surface area (Å²) in [6.07, 6.45) is -13.1. The number of rotatable bonds is 4. The van der Waals surface area contributed by atoms with Crippen LogP contribution in [0.3, 0.4) is 0 Å². The van der Waals surface area contributed by atoms with Crippen molar-refractivity contribution in [3.8, 4) is 0 Å². The van der Waals surface area contributed by atoms with Crippen molar-refractivity contribution in [3.05, 3.63) is 0 Å². The van der Waals surface area contributed by atoms with Crippen molar-refractivity contribution in [2.75, 3.05) is 26.4 Å². The van der Waals surface area contributed by atoms with E-state index in [1.165, 1.54) is 0 Å². The summed E-state index contributed by atoms with van der Waals surface area (Å²) in [6.45, 7) is -0.532. The second-order valence-electron chi connectivity index (χ2n) is 9.48. The maximum Gasteiger partial charge on any atom is 0.187 e. The highest BCUT2D eigenvalue weighted by Crippen LogP contribution is 2.34. The Balaban J connectivity index is 1.55. The molecule has 15 nitrogen and oxygen atoms in total. The highest BCUT2D eigenvalue weighted by atomic mass is 16.7. The van der Waals surface area contributed by atoms with Gasteiger partial charge in [0.25, 0.3) is 0 Å². The van der Waals surface area contributed by atoms with Crippen LogP contribution in [0.25, 0.3) is 0 Å². The molecule has 15 heteroatoms. The van der Waals surface area contributed by atoms with E-state index in [2.05, 4.69) is 0 Å². The van der Waals surface area contributed by atoms with Gasteiger partial charge in [0.2, 0.25) is 0 Å². The summed E-state index contributed by atoms with van der Waals surface area (Å²) in [5, 5.41) is 51.0. The smallest absolute Gasteiger partial charge is 0.187 e. The maximum absolute atomic E-state index is 10.6. The lowest BCUT2D eigenvalue weighted by atomic mass is 9.84. The van der Waals surface area contributed by atoms with Crippen LogP contribution in [0, 0.1) is 0 Å². The lowest BCUT2D eigenvalue weighted by molar-refractivity contribution is -0.331. The lowest BCUT2D eigenvalue weighted by Gasteiger charge is -2.49. The van der Waals surface area contributed by atoms with Crippen LogP contribution in [0.4, 0.5) is 0 Å². The zero-order valence-corrected chi connectivity index (χ0v) is 19.2. The minimum absolute atomic E-state index is 0.0254. The number of fused-ring (bicyclic) bond motifs is 2. The summed E-state index contributed by atoms with van der Waals surface area (Å²) in [6, 6.07) is -2.41. The molecule has 35 heavy (non-hydrogen) atoms. The second-order valence-corrected chi connectivity index (χ2v) is 9.48. The minimum atomic E-state index is -1.41. The zero-order chi connectivity index (χ0) is 25.4. The third-order valence-electron chi connectivity index (χ3n) is 7.14. The number of hydrogen-bond donors (Lipinski definition) is 9. The molecule has 4 rings (SSSR count). The predicted molar refractivity (Wildman–Crippen MR) is 115 cm³/mol. The molecule has 4 fully saturated rings. The predicted octanol–water partition coefficient (Wildman–Crippen LogP) is -6.23. The van der Waals surface area contributed by atoms with Crippen molar-refractivity contribution in [1.82, 2.24) is 0 Å². The van der Waals surface area contributed by atoms with Gasteiger partial charge in [0.15, 0.2) is 12.6 Å². The molecule has 1 saturated carbocycles. The van der Waals surface area contributed by atoms with Crippen LogP contribution in [0.1, 0.15) is 6.42 Å². The largest absolute Gasteiger partial charge is 0.394 e. The van der Waals surface area contributed by atoms with Gasteiger partial charge in [-0.2, -0.15) is 0 Å². The average Bonchev–Trinajstić information content (AvgIpc) is 2.93. The van der Waals surface area contributed by atoms with Crippen LogP contribution < -0.4 is 22.9 Å². The van der Waals surface area contributed by atoms with E-state index in [9.17, 15) is 25.5 Å². The van der Waals surface area contributed by atoms with Gasteiger partial charge in [0.05, 0.1) is 25.9 Å². The fourth-order valence-corrected chi connectivity index (χ4v) is 5.10. The minimum Gasteiger partial charge on any atom is -0.394 e. The molecule has 0 radical (unpaired) electrons. The summed E-state index contributed by atoms with van der Waals surface area (Å²) in [7, 11) is 0. The Kier molecular flexibility index (Phi) is 8.95. The quantitative estimate of drug-likeness (QED) is 0.170. The normalized spacial score (nSPS) is 53.6.